The van der Waals surface area contributed by atoms with Gasteiger partial charge in [-0.2, -0.15) is 5.10 Å². The van der Waals surface area contributed by atoms with Crippen LogP contribution in [0, 0.1) is 5.92 Å². The molecule has 2 aromatic rings. The number of ether oxygens (including phenoxy) is 1. The lowest BCUT2D eigenvalue weighted by molar-refractivity contribution is -0.645. The van der Waals surface area contributed by atoms with Crippen LogP contribution in [0.5, 0.6) is 0 Å². The lowest BCUT2D eigenvalue weighted by Gasteiger charge is -2.29. The van der Waals surface area contributed by atoms with Crippen LogP contribution in [0.25, 0.3) is 6.08 Å². The van der Waals surface area contributed by atoms with Crippen LogP contribution in [0.4, 0.5) is 0 Å². The number of carbonyl (C=O) groups is 1. The third-order valence-electron chi connectivity index (χ3n) is 6.26. The average Bonchev–Trinajstić information content (AvgIpc) is 3.23. The maximum Gasteiger partial charge on any atom is 0.298 e. The highest BCUT2D eigenvalue weighted by atomic mass is 16.5. The summed E-state index contributed by atoms with van der Waals surface area (Å²) in [6, 6.07) is 20.8. The van der Waals surface area contributed by atoms with Crippen LogP contribution in [0.3, 0.4) is 0 Å². The third-order valence-corrected chi connectivity index (χ3v) is 6.26. The minimum Gasteiger partial charge on any atom is -0.382 e. The smallest absolute Gasteiger partial charge is 0.298 e. The molecule has 5 nitrogen and oxygen atoms in total. The first-order chi connectivity index (χ1) is 15.8. The van der Waals surface area contributed by atoms with Gasteiger partial charge >= 0.3 is 0 Å². The predicted molar refractivity (Wildman–Crippen MR) is 128 cm³/mol. The quantitative estimate of drug-likeness (QED) is 0.613. The molecule has 2 N–H and O–H groups in total. The molecule has 1 saturated carbocycles. The Bertz CT molecular complexity index is 940. The Morgan fingerprint density at radius 1 is 1.16 bits per heavy atom. The zero-order valence-corrected chi connectivity index (χ0v) is 19.0. The average molecular weight is 433 g/mol. The molecule has 0 spiro atoms. The number of hydrazone groups is 1. The Morgan fingerprint density at radius 2 is 1.91 bits per heavy atom. The van der Waals surface area contributed by atoms with Gasteiger partial charge in [0, 0.05) is 18.9 Å². The van der Waals surface area contributed by atoms with Gasteiger partial charge in [0.05, 0.1) is 24.9 Å². The first-order valence-corrected chi connectivity index (χ1v) is 11.9. The number of nitrogens with zero attached hydrogens (tertiary/aromatic N) is 2. The van der Waals surface area contributed by atoms with Crippen LogP contribution in [-0.4, -0.2) is 42.9 Å². The number of hydrogen-bond donors (Lipinski definition) is 1. The monoisotopic (exact) mass is 432 g/mol. The summed E-state index contributed by atoms with van der Waals surface area (Å²) in [6.07, 6.45) is 6.40. The number of allylic oxidation sites excluding steroid dienone is 1. The molecular formula is C27H34N3O2+. The van der Waals surface area contributed by atoms with Crippen molar-refractivity contribution in [1.29, 1.82) is 0 Å². The minimum atomic E-state index is -0.0185. The molecule has 2 aliphatic rings. The van der Waals surface area contributed by atoms with Crippen molar-refractivity contribution in [3.8, 4) is 0 Å². The summed E-state index contributed by atoms with van der Waals surface area (Å²) in [6.45, 7) is 4.79. The predicted octanol–water partition coefficient (Wildman–Crippen LogP) is 3.80. The fourth-order valence-electron chi connectivity index (χ4n) is 4.73. The van der Waals surface area contributed by atoms with Crippen LogP contribution < -0.4 is 5.32 Å². The normalized spacial score (nSPS) is 21.5. The maximum absolute atomic E-state index is 13.3. The van der Waals surface area contributed by atoms with Gasteiger partial charge in [-0.05, 0) is 49.0 Å². The highest BCUT2D eigenvalue weighted by Crippen LogP contribution is 2.44. The number of amides is 1. The number of fused-ring (bicyclic) bond motifs is 1. The minimum absolute atomic E-state index is 0.0185. The lowest BCUT2D eigenvalue weighted by Crippen LogP contribution is -2.86. The van der Waals surface area contributed by atoms with Gasteiger partial charge in [-0.3, -0.25) is 4.79 Å². The van der Waals surface area contributed by atoms with Crippen LogP contribution in [-0.2, 0) is 9.53 Å². The first-order valence-electron chi connectivity index (χ1n) is 11.9. The summed E-state index contributed by atoms with van der Waals surface area (Å²) in [7, 11) is 0. The topological polar surface area (TPSA) is 58.5 Å². The largest absolute Gasteiger partial charge is 0.382 e. The van der Waals surface area contributed by atoms with Crippen LogP contribution >= 0.6 is 0 Å². The molecule has 0 unspecified atom stereocenters. The van der Waals surface area contributed by atoms with Crippen molar-refractivity contribution in [2.75, 3.05) is 26.3 Å². The molecule has 1 amide bonds. The molecule has 0 saturated heterocycles. The van der Waals surface area contributed by atoms with Gasteiger partial charge < -0.3 is 10.1 Å². The SMILES string of the molecule is CCOCCC[NH2+]CC(=O)N1N=C2/C(=C/c3ccccc3)CCC[C@@H]2[C@H]1c1ccccc1. The van der Waals surface area contributed by atoms with Gasteiger partial charge in [0.15, 0.2) is 6.54 Å². The molecule has 0 radical (unpaired) electrons. The van der Waals surface area contributed by atoms with E-state index in [0.717, 1.165) is 51.2 Å². The number of carbonyl (C=O) groups excluding carboxylic acids is 1. The second-order valence-corrected chi connectivity index (χ2v) is 8.49. The van der Waals surface area contributed by atoms with Crippen molar-refractivity contribution < 1.29 is 14.8 Å². The second kappa shape index (κ2) is 11.2. The van der Waals surface area contributed by atoms with Crippen molar-refractivity contribution >= 4 is 17.7 Å². The zero-order valence-electron chi connectivity index (χ0n) is 19.0. The van der Waals surface area contributed by atoms with Crippen LogP contribution in [0.1, 0.15) is 49.8 Å². The van der Waals surface area contributed by atoms with E-state index < -0.39 is 0 Å². The van der Waals surface area contributed by atoms with Crippen molar-refractivity contribution in [3.05, 3.63) is 77.4 Å². The zero-order chi connectivity index (χ0) is 22.2. The highest BCUT2D eigenvalue weighted by Gasteiger charge is 2.43. The summed E-state index contributed by atoms with van der Waals surface area (Å²) in [5.74, 6) is 0.333. The van der Waals surface area contributed by atoms with Gasteiger partial charge in [-0.1, -0.05) is 60.7 Å². The van der Waals surface area contributed by atoms with E-state index in [9.17, 15) is 4.79 Å². The molecule has 32 heavy (non-hydrogen) atoms. The molecule has 1 aliphatic heterocycles. The summed E-state index contributed by atoms with van der Waals surface area (Å²) in [4.78, 5) is 13.3. The van der Waals surface area contributed by atoms with E-state index in [1.165, 1.54) is 16.7 Å². The van der Waals surface area contributed by atoms with Gasteiger partial charge in [0.1, 0.15) is 0 Å². The molecule has 2 atom stereocenters. The van der Waals surface area contributed by atoms with Crippen LogP contribution in [0.15, 0.2) is 71.3 Å². The van der Waals surface area contributed by atoms with E-state index >= 15 is 0 Å². The van der Waals surface area contributed by atoms with Crippen molar-refractivity contribution in [1.82, 2.24) is 5.01 Å². The maximum atomic E-state index is 13.3. The molecule has 0 aromatic heterocycles. The highest BCUT2D eigenvalue weighted by molar-refractivity contribution is 6.08. The fraction of sp³-hybridized carbons (Fsp3) is 0.407. The van der Waals surface area contributed by atoms with Gasteiger partial charge in [0.2, 0.25) is 0 Å². The first kappa shape index (κ1) is 22.4. The Balaban J connectivity index is 1.55. The fourth-order valence-corrected chi connectivity index (χ4v) is 4.73. The number of hydrogen-bond acceptors (Lipinski definition) is 3. The number of quaternary nitrogens is 1. The van der Waals surface area contributed by atoms with E-state index in [-0.39, 0.29) is 17.9 Å². The number of nitrogens with two attached hydrogens (primary N) is 1. The van der Waals surface area contributed by atoms with Crippen molar-refractivity contribution in [2.45, 2.75) is 38.6 Å². The molecule has 2 aromatic carbocycles. The summed E-state index contributed by atoms with van der Waals surface area (Å²) in [5, 5.41) is 8.81. The summed E-state index contributed by atoms with van der Waals surface area (Å²) in [5.41, 5.74) is 4.72. The Morgan fingerprint density at radius 3 is 2.66 bits per heavy atom. The molecule has 1 fully saturated rings. The molecule has 168 valence electrons. The molecular weight excluding hydrogens is 398 g/mol. The van der Waals surface area contributed by atoms with E-state index in [1.54, 1.807) is 5.01 Å². The van der Waals surface area contributed by atoms with Crippen LogP contribution in [0.2, 0.25) is 0 Å². The standard InChI is InChI=1S/C27H33N3O2/c1-2-32-18-10-17-28-20-25(31)30-27(22-13-7-4-8-14-22)24-16-9-15-23(26(24)29-30)19-21-11-5-3-6-12-21/h3-8,11-14,19,24,27-28H,2,9-10,15-18,20H2,1H3/p+1/b23-19+/t24-,27+/m0/s1. The second-order valence-electron chi connectivity index (χ2n) is 8.49. The molecule has 1 aliphatic carbocycles. The molecule has 1 heterocycles. The van der Waals surface area contributed by atoms with Gasteiger partial charge in [0.25, 0.3) is 5.91 Å². The van der Waals surface area contributed by atoms with E-state index in [0.29, 0.717) is 6.54 Å². The lowest BCUT2D eigenvalue weighted by atomic mass is 9.77. The third kappa shape index (κ3) is 5.34. The number of benzene rings is 2. The number of rotatable bonds is 9. The Labute approximate surface area is 191 Å². The Hall–Kier alpha value is -2.76. The Kier molecular flexibility index (Phi) is 7.86. The van der Waals surface area contributed by atoms with Crippen molar-refractivity contribution in [2.24, 2.45) is 11.0 Å². The molecule has 0 bridgehead atoms. The van der Waals surface area contributed by atoms with Crippen molar-refractivity contribution in [3.63, 3.8) is 0 Å². The summed E-state index contributed by atoms with van der Waals surface area (Å²) >= 11 is 0. The van der Waals surface area contributed by atoms with E-state index in [4.69, 9.17) is 9.84 Å². The van der Waals surface area contributed by atoms with E-state index in [2.05, 4.69) is 59.9 Å². The van der Waals surface area contributed by atoms with E-state index in [1.807, 2.05) is 19.1 Å². The summed E-state index contributed by atoms with van der Waals surface area (Å²) < 4.78 is 5.40. The van der Waals surface area contributed by atoms with Gasteiger partial charge in [-0.15, -0.1) is 0 Å². The molecule has 5 heteroatoms. The molecule has 4 rings (SSSR count). The van der Waals surface area contributed by atoms with Gasteiger partial charge in [-0.25, -0.2) is 5.01 Å².